The first-order chi connectivity index (χ1) is 10.0. The van der Waals surface area contributed by atoms with Crippen molar-refractivity contribution in [1.29, 1.82) is 0 Å². The van der Waals surface area contributed by atoms with Gasteiger partial charge in [-0.15, -0.1) is 0 Å². The first kappa shape index (κ1) is 18.4. The summed E-state index contributed by atoms with van der Waals surface area (Å²) in [5, 5.41) is 12.8. The van der Waals surface area contributed by atoms with E-state index in [1.54, 1.807) is 7.11 Å². The summed E-state index contributed by atoms with van der Waals surface area (Å²) in [4.78, 5) is 11.7. The summed E-state index contributed by atoms with van der Waals surface area (Å²) in [6.07, 6.45) is 2.75. The van der Waals surface area contributed by atoms with Gasteiger partial charge >= 0.3 is 5.97 Å². The summed E-state index contributed by atoms with van der Waals surface area (Å²) in [7, 11) is 1.66. The Balaban J connectivity index is 2.28. The molecule has 0 spiro atoms. The van der Waals surface area contributed by atoms with Crippen molar-refractivity contribution in [3.8, 4) is 0 Å². The molecule has 0 aromatic carbocycles. The lowest BCUT2D eigenvalue weighted by Crippen LogP contribution is -2.59. The molecule has 0 aliphatic heterocycles. The minimum Gasteiger partial charge on any atom is -0.480 e. The van der Waals surface area contributed by atoms with Gasteiger partial charge in [0.25, 0.3) is 0 Å². The maximum Gasteiger partial charge on any atom is 0.326 e. The number of aliphatic carboxylic acids is 1. The Labute approximate surface area is 127 Å². The third-order valence-electron chi connectivity index (χ3n) is 3.54. The lowest BCUT2D eigenvalue weighted by molar-refractivity contribution is -0.150. The quantitative estimate of drug-likeness (QED) is 0.499. The number of hydrogen-bond acceptors (Lipinski definition) is 5. The summed E-state index contributed by atoms with van der Waals surface area (Å²) in [6, 6.07) is 0.107. The van der Waals surface area contributed by atoms with Crippen LogP contribution in [0.4, 0.5) is 0 Å². The van der Waals surface area contributed by atoms with Crippen molar-refractivity contribution in [2.24, 2.45) is 5.92 Å². The van der Waals surface area contributed by atoms with Crippen molar-refractivity contribution in [2.45, 2.75) is 44.7 Å². The van der Waals surface area contributed by atoms with Crippen molar-refractivity contribution < 1.29 is 24.1 Å². The molecule has 0 aromatic rings. The van der Waals surface area contributed by atoms with Gasteiger partial charge in [0.1, 0.15) is 5.54 Å². The summed E-state index contributed by atoms with van der Waals surface area (Å²) in [5.41, 5.74) is -0.954. The third-order valence-corrected chi connectivity index (χ3v) is 3.54. The zero-order valence-corrected chi connectivity index (χ0v) is 13.4. The molecule has 1 rings (SSSR count). The molecule has 1 aliphatic carbocycles. The summed E-state index contributed by atoms with van der Waals surface area (Å²) in [5.74, 6) is -0.653. The standard InChI is InChI=1S/C15H29NO5/c1-12(2)16-15(14(17)18,13-5-6-13)11-21-10-9-20-8-4-7-19-3/h12-13,16H,4-11H2,1-3H3,(H,17,18). The molecule has 0 radical (unpaired) electrons. The zero-order valence-electron chi connectivity index (χ0n) is 13.4. The van der Waals surface area contributed by atoms with Gasteiger partial charge in [-0.25, -0.2) is 0 Å². The lowest BCUT2D eigenvalue weighted by atomic mass is 9.93. The fraction of sp³-hybridized carbons (Fsp3) is 0.933. The molecule has 1 atom stereocenters. The van der Waals surface area contributed by atoms with Crippen LogP contribution in [0, 0.1) is 5.92 Å². The van der Waals surface area contributed by atoms with Crippen molar-refractivity contribution in [3.05, 3.63) is 0 Å². The molecule has 0 bridgehead atoms. The van der Waals surface area contributed by atoms with Crippen LogP contribution in [-0.4, -0.2) is 62.8 Å². The summed E-state index contributed by atoms with van der Waals surface area (Å²) < 4.78 is 15.9. The third kappa shape index (κ3) is 6.30. The normalized spacial score (nSPS) is 17.9. The average molecular weight is 303 g/mol. The van der Waals surface area contributed by atoms with Gasteiger partial charge in [0.2, 0.25) is 0 Å². The van der Waals surface area contributed by atoms with Gasteiger partial charge in [-0.05, 0) is 39.0 Å². The van der Waals surface area contributed by atoms with Crippen molar-refractivity contribution >= 4 is 5.97 Å². The van der Waals surface area contributed by atoms with E-state index in [9.17, 15) is 9.90 Å². The average Bonchev–Trinajstić information content (AvgIpc) is 3.24. The Morgan fingerprint density at radius 3 is 2.43 bits per heavy atom. The molecule has 1 fully saturated rings. The van der Waals surface area contributed by atoms with Crippen molar-refractivity contribution in [1.82, 2.24) is 5.32 Å². The van der Waals surface area contributed by atoms with E-state index in [2.05, 4.69) is 5.32 Å². The predicted octanol–water partition coefficient (Wildman–Crippen LogP) is 1.29. The van der Waals surface area contributed by atoms with E-state index in [0.717, 1.165) is 19.3 Å². The Kier molecular flexibility index (Phi) is 8.18. The highest BCUT2D eigenvalue weighted by Gasteiger charge is 2.51. The molecule has 1 saturated carbocycles. The predicted molar refractivity (Wildman–Crippen MR) is 79.5 cm³/mol. The van der Waals surface area contributed by atoms with E-state index in [1.807, 2.05) is 13.8 Å². The number of carboxylic acid groups (broad SMARTS) is 1. The van der Waals surface area contributed by atoms with Crippen LogP contribution in [0.15, 0.2) is 0 Å². The molecule has 21 heavy (non-hydrogen) atoms. The van der Waals surface area contributed by atoms with Gasteiger partial charge in [0, 0.05) is 26.4 Å². The van der Waals surface area contributed by atoms with Gasteiger partial charge in [0.05, 0.1) is 19.8 Å². The van der Waals surface area contributed by atoms with E-state index in [0.29, 0.717) is 26.4 Å². The molecule has 0 amide bonds. The molecule has 1 aliphatic rings. The summed E-state index contributed by atoms with van der Waals surface area (Å²) in [6.45, 7) is 6.31. The number of carbonyl (C=O) groups is 1. The monoisotopic (exact) mass is 303 g/mol. The minimum atomic E-state index is -0.954. The number of hydrogen-bond donors (Lipinski definition) is 2. The van der Waals surface area contributed by atoms with Crippen LogP contribution in [0.2, 0.25) is 0 Å². The van der Waals surface area contributed by atoms with Gasteiger partial charge in [-0.1, -0.05) is 0 Å². The fourth-order valence-corrected chi connectivity index (χ4v) is 2.43. The number of carboxylic acids is 1. The molecule has 2 N–H and O–H groups in total. The first-order valence-corrected chi connectivity index (χ1v) is 7.68. The van der Waals surface area contributed by atoms with E-state index in [4.69, 9.17) is 14.2 Å². The van der Waals surface area contributed by atoms with Crippen LogP contribution in [0.5, 0.6) is 0 Å². The van der Waals surface area contributed by atoms with Crippen LogP contribution >= 0.6 is 0 Å². The van der Waals surface area contributed by atoms with Crippen molar-refractivity contribution in [3.63, 3.8) is 0 Å². The molecule has 0 heterocycles. The van der Waals surface area contributed by atoms with Crippen LogP contribution in [0.3, 0.4) is 0 Å². The maximum atomic E-state index is 11.7. The largest absolute Gasteiger partial charge is 0.480 e. The van der Waals surface area contributed by atoms with Gasteiger partial charge in [0.15, 0.2) is 0 Å². The Hall–Kier alpha value is -0.690. The Bertz CT molecular complexity index is 306. The highest BCUT2D eigenvalue weighted by molar-refractivity contribution is 5.80. The second-order valence-corrected chi connectivity index (χ2v) is 5.86. The molecular formula is C15H29NO5. The van der Waals surface area contributed by atoms with E-state index in [1.165, 1.54) is 0 Å². The number of rotatable bonds is 13. The topological polar surface area (TPSA) is 77.0 Å². The first-order valence-electron chi connectivity index (χ1n) is 7.68. The SMILES string of the molecule is COCCCOCCOCC(NC(C)C)(C(=O)O)C1CC1. The van der Waals surface area contributed by atoms with Gasteiger partial charge in [-0.2, -0.15) is 0 Å². The van der Waals surface area contributed by atoms with Crippen LogP contribution < -0.4 is 5.32 Å². The van der Waals surface area contributed by atoms with Crippen LogP contribution in [0.1, 0.15) is 33.1 Å². The molecule has 6 nitrogen and oxygen atoms in total. The lowest BCUT2D eigenvalue weighted by Gasteiger charge is -2.32. The van der Waals surface area contributed by atoms with E-state index < -0.39 is 11.5 Å². The highest BCUT2D eigenvalue weighted by atomic mass is 16.5. The molecule has 6 heteroatoms. The number of methoxy groups -OCH3 is 1. The second-order valence-electron chi connectivity index (χ2n) is 5.86. The van der Waals surface area contributed by atoms with Gasteiger partial charge < -0.3 is 19.3 Å². The zero-order chi connectivity index (χ0) is 15.7. The summed E-state index contributed by atoms with van der Waals surface area (Å²) >= 11 is 0. The number of nitrogens with one attached hydrogen (secondary N) is 1. The van der Waals surface area contributed by atoms with Gasteiger partial charge in [-0.3, -0.25) is 10.1 Å². The molecule has 0 saturated heterocycles. The van der Waals surface area contributed by atoms with E-state index in [-0.39, 0.29) is 18.6 Å². The maximum absolute atomic E-state index is 11.7. The smallest absolute Gasteiger partial charge is 0.326 e. The highest BCUT2D eigenvalue weighted by Crippen LogP contribution is 2.40. The van der Waals surface area contributed by atoms with Crippen molar-refractivity contribution in [2.75, 3.05) is 40.1 Å². The van der Waals surface area contributed by atoms with Crippen LogP contribution in [0.25, 0.3) is 0 Å². The fourth-order valence-electron chi connectivity index (χ4n) is 2.43. The molecule has 1 unspecified atom stereocenters. The number of ether oxygens (including phenoxy) is 3. The molecular weight excluding hydrogens is 274 g/mol. The van der Waals surface area contributed by atoms with E-state index >= 15 is 0 Å². The minimum absolute atomic E-state index is 0.107. The van der Waals surface area contributed by atoms with Crippen LogP contribution in [-0.2, 0) is 19.0 Å². The second kappa shape index (κ2) is 9.35. The Morgan fingerprint density at radius 2 is 1.90 bits per heavy atom. The molecule has 124 valence electrons. The molecule has 0 aromatic heterocycles. The Morgan fingerprint density at radius 1 is 1.24 bits per heavy atom.